The van der Waals surface area contributed by atoms with Crippen molar-refractivity contribution >= 4 is 6.08 Å². The summed E-state index contributed by atoms with van der Waals surface area (Å²) in [5.74, 6) is 0. The van der Waals surface area contributed by atoms with Gasteiger partial charge in [-0.3, -0.25) is 0 Å². The van der Waals surface area contributed by atoms with Crippen LogP contribution in [0.4, 0.5) is 0 Å². The van der Waals surface area contributed by atoms with E-state index in [0.717, 1.165) is 6.54 Å². The van der Waals surface area contributed by atoms with Crippen molar-refractivity contribution in [3.63, 3.8) is 0 Å². The van der Waals surface area contributed by atoms with Gasteiger partial charge >= 0.3 is 0 Å². The first-order chi connectivity index (χ1) is 7.13. The Hall–Kier alpha value is -1.02. The highest BCUT2D eigenvalue weighted by molar-refractivity contribution is 5.52. The Labute approximate surface area is 93.0 Å². The second kappa shape index (κ2) is 5.76. The zero-order valence-corrected chi connectivity index (χ0v) is 10.2. The van der Waals surface area contributed by atoms with Gasteiger partial charge in [0.05, 0.1) is 0 Å². The van der Waals surface area contributed by atoms with E-state index in [1.807, 2.05) is 7.05 Å². The van der Waals surface area contributed by atoms with Crippen LogP contribution in [0, 0.1) is 0 Å². The van der Waals surface area contributed by atoms with E-state index in [1.54, 1.807) is 0 Å². The highest BCUT2D eigenvalue weighted by Crippen LogP contribution is 2.09. The van der Waals surface area contributed by atoms with E-state index in [4.69, 9.17) is 0 Å². The molecule has 1 unspecified atom stereocenters. The van der Waals surface area contributed by atoms with Crippen LogP contribution < -0.4 is 5.32 Å². The molecule has 0 radical (unpaired) electrons. The Morgan fingerprint density at radius 3 is 2.87 bits per heavy atom. The number of rotatable bonds is 5. The molecular weight excluding hydrogens is 184 g/mol. The molecule has 1 aromatic rings. The van der Waals surface area contributed by atoms with Crippen LogP contribution in [0.2, 0.25) is 0 Å². The van der Waals surface area contributed by atoms with Gasteiger partial charge in [0, 0.05) is 25.5 Å². The number of aryl methyl sites for hydroxylation is 1. The Kier molecular flexibility index (Phi) is 4.63. The molecule has 0 saturated heterocycles. The molecular formula is C13H22N2. The minimum atomic E-state index is 0.463. The molecule has 0 spiro atoms. The first kappa shape index (κ1) is 12.1. The van der Waals surface area contributed by atoms with E-state index in [1.165, 1.54) is 17.6 Å². The number of hydrogen-bond acceptors (Lipinski definition) is 1. The summed E-state index contributed by atoms with van der Waals surface area (Å²) in [6, 6.07) is 2.60. The second-order valence-electron chi connectivity index (χ2n) is 4.17. The normalized spacial score (nSPS) is 14.3. The monoisotopic (exact) mass is 206 g/mol. The molecule has 0 fully saturated rings. The standard InChI is InChI=1S/C13H22N2/c1-5-7-14-12(3)11(2)9-13-6-8-15(4)10-13/h6,8-10,12,14H,5,7H2,1-4H3/b11-9+. The van der Waals surface area contributed by atoms with E-state index >= 15 is 0 Å². The van der Waals surface area contributed by atoms with E-state index in [9.17, 15) is 0 Å². The lowest BCUT2D eigenvalue weighted by molar-refractivity contribution is 0.604. The van der Waals surface area contributed by atoms with Gasteiger partial charge in [0.15, 0.2) is 0 Å². The lowest BCUT2D eigenvalue weighted by Crippen LogP contribution is -2.27. The predicted octanol–water partition coefficient (Wildman–Crippen LogP) is 2.82. The molecule has 0 bridgehead atoms. The SMILES string of the molecule is CCCNC(C)/C(C)=C/c1ccn(C)c1. The van der Waals surface area contributed by atoms with Gasteiger partial charge in [0.2, 0.25) is 0 Å². The Morgan fingerprint density at radius 1 is 1.60 bits per heavy atom. The van der Waals surface area contributed by atoms with Crippen LogP contribution in [0.1, 0.15) is 32.8 Å². The van der Waals surface area contributed by atoms with E-state index in [-0.39, 0.29) is 0 Å². The van der Waals surface area contributed by atoms with Gasteiger partial charge in [-0.2, -0.15) is 0 Å². The van der Waals surface area contributed by atoms with Crippen molar-refractivity contribution in [3.8, 4) is 0 Å². The maximum atomic E-state index is 3.48. The molecule has 0 amide bonds. The van der Waals surface area contributed by atoms with Gasteiger partial charge in [0.1, 0.15) is 0 Å². The Bertz CT molecular complexity index is 323. The van der Waals surface area contributed by atoms with Crippen molar-refractivity contribution in [1.82, 2.24) is 9.88 Å². The third kappa shape index (κ3) is 3.92. The lowest BCUT2D eigenvalue weighted by Gasteiger charge is -2.13. The van der Waals surface area contributed by atoms with Gasteiger partial charge in [-0.05, 0) is 38.4 Å². The zero-order valence-electron chi connectivity index (χ0n) is 10.2. The molecule has 84 valence electrons. The zero-order chi connectivity index (χ0) is 11.3. The molecule has 0 aliphatic carbocycles. The van der Waals surface area contributed by atoms with Crippen molar-refractivity contribution in [2.45, 2.75) is 33.2 Å². The predicted molar refractivity (Wildman–Crippen MR) is 66.8 cm³/mol. The molecule has 15 heavy (non-hydrogen) atoms. The van der Waals surface area contributed by atoms with Crippen molar-refractivity contribution in [1.29, 1.82) is 0 Å². The second-order valence-corrected chi connectivity index (χ2v) is 4.17. The van der Waals surface area contributed by atoms with Gasteiger partial charge in [-0.25, -0.2) is 0 Å². The maximum Gasteiger partial charge on any atom is 0.0251 e. The fourth-order valence-electron chi connectivity index (χ4n) is 1.52. The van der Waals surface area contributed by atoms with E-state index in [2.05, 4.69) is 55.2 Å². The van der Waals surface area contributed by atoms with Crippen molar-refractivity contribution < 1.29 is 0 Å². The molecule has 0 saturated carbocycles. The molecule has 2 heteroatoms. The van der Waals surface area contributed by atoms with Gasteiger partial charge in [0.25, 0.3) is 0 Å². The third-order valence-corrected chi connectivity index (χ3v) is 2.63. The summed E-state index contributed by atoms with van der Waals surface area (Å²) in [6.07, 6.45) is 7.63. The number of nitrogens with one attached hydrogen (secondary N) is 1. The highest BCUT2D eigenvalue weighted by Gasteiger charge is 2.02. The van der Waals surface area contributed by atoms with Gasteiger partial charge in [-0.1, -0.05) is 18.6 Å². The number of aromatic nitrogens is 1. The summed E-state index contributed by atoms with van der Waals surface area (Å²) in [7, 11) is 2.05. The quantitative estimate of drug-likeness (QED) is 0.784. The summed E-state index contributed by atoms with van der Waals surface area (Å²) in [5.41, 5.74) is 2.66. The van der Waals surface area contributed by atoms with Crippen LogP contribution in [0.25, 0.3) is 6.08 Å². The van der Waals surface area contributed by atoms with Gasteiger partial charge in [-0.15, -0.1) is 0 Å². The lowest BCUT2D eigenvalue weighted by atomic mass is 10.1. The summed E-state index contributed by atoms with van der Waals surface area (Å²) >= 11 is 0. The highest BCUT2D eigenvalue weighted by atomic mass is 14.9. The largest absolute Gasteiger partial charge is 0.357 e. The first-order valence-corrected chi connectivity index (χ1v) is 5.67. The number of nitrogens with zero attached hydrogens (tertiary/aromatic N) is 1. The van der Waals surface area contributed by atoms with Crippen LogP contribution in [0.5, 0.6) is 0 Å². The third-order valence-electron chi connectivity index (χ3n) is 2.63. The average molecular weight is 206 g/mol. The van der Waals surface area contributed by atoms with Crippen molar-refractivity contribution in [2.75, 3.05) is 6.54 Å². The average Bonchev–Trinajstić information content (AvgIpc) is 2.60. The minimum Gasteiger partial charge on any atom is -0.357 e. The fraction of sp³-hybridized carbons (Fsp3) is 0.538. The van der Waals surface area contributed by atoms with E-state index in [0.29, 0.717) is 6.04 Å². The molecule has 0 aliphatic heterocycles. The van der Waals surface area contributed by atoms with Crippen LogP contribution in [-0.4, -0.2) is 17.2 Å². The fourth-order valence-corrected chi connectivity index (χ4v) is 1.52. The molecule has 1 N–H and O–H groups in total. The van der Waals surface area contributed by atoms with Crippen molar-refractivity contribution in [2.24, 2.45) is 7.05 Å². The van der Waals surface area contributed by atoms with E-state index < -0.39 is 0 Å². The molecule has 0 aromatic carbocycles. The first-order valence-electron chi connectivity index (χ1n) is 5.67. The van der Waals surface area contributed by atoms with Crippen LogP contribution in [-0.2, 0) is 7.05 Å². The summed E-state index contributed by atoms with van der Waals surface area (Å²) in [6.45, 7) is 7.67. The Morgan fingerprint density at radius 2 is 2.33 bits per heavy atom. The molecule has 0 aliphatic rings. The molecule has 1 aromatic heterocycles. The molecule has 2 nitrogen and oxygen atoms in total. The molecule has 1 atom stereocenters. The molecule has 1 heterocycles. The summed E-state index contributed by atoms with van der Waals surface area (Å²) < 4.78 is 2.07. The van der Waals surface area contributed by atoms with Crippen molar-refractivity contribution in [3.05, 3.63) is 29.6 Å². The number of hydrogen-bond donors (Lipinski definition) is 1. The summed E-state index contributed by atoms with van der Waals surface area (Å²) in [4.78, 5) is 0. The Balaban J connectivity index is 2.58. The van der Waals surface area contributed by atoms with Gasteiger partial charge < -0.3 is 9.88 Å². The maximum absolute atomic E-state index is 3.48. The molecule has 1 rings (SSSR count). The van der Waals surface area contributed by atoms with Crippen LogP contribution in [0.15, 0.2) is 24.0 Å². The minimum absolute atomic E-state index is 0.463. The van der Waals surface area contributed by atoms with Crippen LogP contribution >= 0.6 is 0 Å². The van der Waals surface area contributed by atoms with Crippen LogP contribution in [0.3, 0.4) is 0 Å². The smallest absolute Gasteiger partial charge is 0.0251 e. The topological polar surface area (TPSA) is 17.0 Å². The summed E-state index contributed by atoms with van der Waals surface area (Å²) in [5, 5.41) is 3.48.